The molecule has 1 heterocycles. The van der Waals surface area contributed by atoms with E-state index in [1.165, 1.54) is 12.7 Å². The van der Waals surface area contributed by atoms with Crippen LogP contribution in [0.15, 0.2) is 24.3 Å². The summed E-state index contributed by atoms with van der Waals surface area (Å²) in [6.45, 7) is 2.67. The number of carbonyl (C=O) groups is 2. The van der Waals surface area contributed by atoms with Gasteiger partial charge in [0.2, 0.25) is 0 Å². The maximum Gasteiger partial charge on any atom is 0.308 e. The van der Waals surface area contributed by atoms with E-state index in [1.807, 2.05) is 12.1 Å². The van der Waals surface area contributed by atoms with E-state index < -0.39 is 5.97 Å². The van der Waals surface area contributed by atoms with Crippen LogP contribution in [0, 0.1) is 5.92 Å². The molecule has 0 amide bonds. The van der Waals surface area contributed by atoms with Crippen LogP contribution in [0.3, 0.4) is 0 Å². The summed E-state index contributed by atoms with van der Waals surface area (Å²) in [4.78, 5) is 24.4. The van der Waals surface area contributed by atoms with Crippen molar-refractivity contribution in [1.29, 1.82) is 0 Å². The Balaban J connectivity index is 1.80. The summed E-state index contributed by atoms with van der Waals surface area (Å²) in [6.07, 6.45) is 2.44. The second-order valence-corrected chi connectivity index (χ2v) is 5.78. The molecule has 22 heavy (non-hydrogen) atoms. The largest absolute Gasteiger partial charge is 0.481 e. The van der Waals surface area contributed by atoms with E-state index >= 15 is 0 Å². The lowest BCUT2D eigenvalue weighted by atomic mass is 9.96. The minimum Gasteiger partial charge on any atom is -0.481 e. The maximum absolute atomic E-state index is 11.5. The minimum atomic E-state index is -0.766. The number of carboxylic acid groups (broad SMARTS) is 1. The lowest BCUT2D eigenvalue weighted by Crippen LogP contribution is -2.36. The molecule has 0 spiro atoms. The van der Waals surface area contributed by atoms with Gasteiger partial charge in [0.05, 0.1) is 13.0 Å². The van der Waals surface area contributed by atoms with Gasteiger partial charge in [-0.05, 0) is 43.5 Å². The highest BCUT2D eigenvalue weighted by atomic mass is 16.5. The van der Waals surface area contributed by atoms with Crippen molar-refractivity contribution in [2.24, 2.45) is 5.92 Å². The Morgan fingerprint density at radius 1 is 1.18 bits per heavy atom. The topological polar surface area (TPSA) is 66.8 Å². The van der Waals surface area contributed by atoms with E-state index in [-0.39, 0.29) is 18.3 Å². The molecule has 1 aliphatic rings. The molecule has 0 atom stereocenters. The van der Waals surface area contributed by atoms with E-state index in [2.05, 4.69) is 17.0 Å². The number of carbonyl (C=O) groups excluding carboxylic acids is 1. The van der Waals surface area contributed by atoms with Crippen molar-refractivity contribution in [2.75, 3.05) is 20.2 Å². The van der Waals surface area contributed by atoms with Gasteiger partial charge in [-0.15, -0.1) is 0 Å². The highest BCUT2D eigenvalue weighted by Gasteiger charge is 2.25. The molecule has 0 radical (unpaired) electrons. The molecule has 120 valence electrons. The summed E-state index contributed by atoms with van der Waals surface area (Å²) in [5.74, 6) is -0.820. The number of benzene rings is 1. The zero-order valence-corrected chi connectivity index (χ0v) is 13.0. The van der Waals surface area contributed by atoms with E-state index in [1.54, 1.807) is 0 Å². The van der Waals surface area contributed by atoms with Gasteiger partial charge in [-0.3, -0.25) is 14.5 Å². The number of esters is 1. The summed E-state index contributed by atoms with van der Waals surface area (Å²) < 4.78 is 4.80. The second-order valence-electron chi connectivity index (χ2n) is 5.78. The van der Waals surface area contributed by atoms with Gasteiger partial charge in [0, 0.05) is 13.0 Å². The molecule has 5 heteroatoms. The van der Waals surface area contributed by atoms with Crippen LogP contribution in [-0.4, -0.2) is 42.1 Å². The van der Waals surface area contributed by atoms with Crippen LogP contribution in [0.25, 0.3) is 0 Å². The SMILES string of the molecule is COC(=O)C1CCN(Cc2ccc(CCC(=O)O)cc2)CC1. The number of likely N-dealkylation sites (tertiary alicyclic amines) is 1. The zero-order chi connectivity index (χ0) is 15.9. The monoisotopic (exact) mass is 305 g/mol. The van der Waals surface area contributed by atoms with Crippen LogP contribution < -0.4 is 0 Å². The van der Waals surface area contributed by atoms with Gasteiger partial charge in [0.25, 0.3) is 0 Å². The zero-order valence-electron chi connectivity index (χ0n) is 13.0. The number of rotatable bonds is 6. The molecule has 5 nitrogen and oxygen atoms in total. The first kappa shape index (κ1) is 16.5. The number of carboxylic acids is 1. The molecular formula is C17H23NO4. The Hall–Kier alpha value is -1.88. The van der Waals surface area contributed by atoms with Crippen molar-refractivity contribution in [2.45, 2.75) is 32.2 Å². The van der Waals surface area contributed by atoms with Crippen molar-refractivity contribution >= 4 is 11.9 Å². The molecule has 0 aliphatic carbocycles. The standard InChI is InChI=1S/C17H23NO4/c1-22-17(21)15-8-10-18(11-9-15)12-14-4-2-13(3-5-14)6-7-16(19)20/h2-5,15H,6-12H2,1H3,(H,19,20). The van der Waals surface area contributed by atoms with Gasteiger partial charge in [-0.1, -0.05) is 24.3 Å². The van der Waals surface area contributed by atoms with Gasteiger partial charge in [0.15, 0.2) is 0 Å². The molecule has 1 aromatic carbocycles. The quantitative estimate of drug-likeness (QED) is 0.815. The molecule has 0 aromatic heterocycles. The molecule has 2 rings (SSSR count). The van der Waals surface area contributed by atoms with Crippen molar-refractivity contribution in [3.63, 3.8) is 0 Å². The van der Waals surface area contributed by atoms with Crippen LogP contribution in [0.2, 0.25) is 0 Å². The molecule has 1 aromatic rings. The highest BCUT2D eigenvalue weighted by Crippen LogP contribution is 2.20. The molecule has 0 saturated carbocycles. The van der Waals surface area contributed by atoms with Crippen LogP contribution in [-0.2, 0) is 27.3 Å². The minimum absolute atomic E-state index is 0.0413. The Morgan fingerprint density at radius 3 is 2.32 bits per heavy atom. The predicted octanol–water partition coefficient (Wildman–Crippen LogP) is 2.09. The normalized spacial score (nSPS) is 16.4. The van der Waals surface area contributed by atoms with Crippen LogP contribution >= 0.6 is 0 Å². The predicted molar refractivity (Wildman–Crippen MR) is 82.4 cm³/mol. The number of nitrogens with zero attached hydrogens (tertiary/aromatic N) is 1. The lowest BCUT2D eigenvalue weighted by Gasteiger charge is -2.30. The molecule has 0 bridgehead atoms. The van der Waals surface area contributed by atoms with E-state index in [9.17, 15) is 9.59 Å². The van der Waals surface area contributed by atoms with Gasteiger partial charge in [0.1, 0.15) is 0 Å². The maximum atomic E-state index is 11.5. The average molecular weight is 305 g/mol. The number of aryl methyl sites for hydroxylation is 1. The summed E-state index contributed by atoms with van der Waals surface area (Å²) in [6, 6.07) is 8.12. The Morgan fingerprint density at radius 2 is 1.77 bits per heavy atom. The number of hydrogen-bond acceptors (Lipinski definition) is 4. The summed E-state index contributed by atoms with van der Waals surface area (Å²) in [7, 11) is 1.45. The van der Waals surface area contributed by atoms with Crippen molar-refractivity contribution in [3.05, 3.63) is 35.4 Å². The van der Waals surface area contributed by atoms with Crippen molar-refractivity contribution in [1.82, 2.24) is 4.90 Å². The fraction of sp³-hybridized carbons (Fsp3) is 0.529. The van der Waals surface area contributed by atoms with Gasteiger partial charge >= 0.3 is 11.9 Å². The molecule has 1 N–H and O–H groups in total. The highest BCUT2D eigenvalue weighted by molar-refractivity contribution is 5.72. The Labute approximate surface area is 130 Å². The third-order valence-electron chi connectivity index (χ3n) is 4.18. The fourth-order valence-electron chi connectivity index (χ4n) is 2.81. The number of aliphatic carboxylic acids is 1. The number of hydrogen-bond donors (Lipinski definition) is 1. The van der Waals surface area contributed by atoms with E-state index in [4.69, 9.17) is 9.84 Å². The van der Waals surface area contributed by atoms with Crippen molar-refractivity contribution in [3.8, 4) is 0 Å². The molecule has 1 fully saturated rings. The van der Waals surface area contributed by atoms with Crippen LogP contribution in [0.4, 0.5) is 0 Å². The van der Waals surface area contributed by atoms with Gasteiger partial charge < -0.3 is 9.84 Å². The van der Waals surface area contributed by atoms with E-state index in [0.717, 1.165) is 38.0 Å². The number of piperidine rings is 1. The second kappa shape index (κ2) is 7.94. The Kier molecular flexibility index (Phi) is 5.95. The number of ether oxygens (including phenoxy) is 1. The van der Waals surface area contributed by atoms with Gasteiger partial charge in [-0.2, -0.15) is 0 Å². The van der Waals surface area contributed by atoms with E-state index in [0.29, 0.717) is 6.42 Å². The molecule has 1 aliphatic heterocycles. The third kappa shape index (κ3) is 4.84. The first-order valence-electron chi connectivity index (χ1n) is 7.68. The van der Waals surface area contributed by atoms with Crippen molar-refractivity contribution < 1.29 is 19.4 Å². The average Bonchev–Trinajstić information content (AvgIpc) is 2.54. The third-order valence-corrected chi connectivity index (χ3v) is 4.18. The lowest BCUT2D eigenvalue weighted by molar-refractivity contribution is -0.147. The van der Waals surface area contributed by atoms with Crippen LogP contribution in [0.1, 0.15) is 30.4 Å². The molecule has 1 saturated heterocycles. The van der Waals surface area contributed by atoms with Crippen LogP contribution in [0.5, 0.6) is 0 Å². The smallest absolute Gasteiger partial charge is 0.308 e. The number of methoxy groups -OCH3 is 1. The first-order chi connectivity index (χ1) is 10.6. The van der Waals surface area contributed by atoms with Gasteiger partial charge in [-0.25, -0.2) is 0 Å². The summed E-state index contributed by atoms with van der Waals surface area (Å²) in [5, 5.41) is 8.68. The molecule has 0 unspecified atom stereocenters. The Bertz CT molecular complexity index is 504. The first-order valence-corrected chi connectivity index (χ1v) is 7.68. The fourth-order valence-corrected chi connectivity index (χ4v) is 2.81. The molecular weight excluding hydrogens is 282 g/mol. The summed E-state index contributed by atoms with van der Waals surface area (Å²) >= 11 is 0. The summed E-state index contributed by atoms with van der Waals surface area (Å²) in [5.41, 5.74) is 2.27.